The van der Waals surface area contributed by atoms with Gasteiger partial charge in [0.25, 0.3) is 5.69 Å². The first-order valence-corrected chi connectivity index (χ1v) is 6.17. The summed E-state index contributed by atoms with van der Waals surface area (Å²) in [7, 11) is 0. The molecule has 0 unspecified atom stereocenters. The zero-order valence-electron chi connectivity index (χ0n) is 11.3. The lowest BCUT2D eigenvalue weighted by Crippen LogP contribution is -2.06. The number of hydrogen-bond donors (Lipinski definition) is 1. The molecule has 1 N–H and O–H groups in total. The molecule has 0 bridgehead atoms. The highest BCUT2D eigenvalue weighted by Gasteiger charge is 2.16. The third kappa shape index (κ3) is 3.56. The Morgan fingerprint density at radius 2 is 1.90 bits per heavy atom. The number of ether oxygens (including phenoxy) is 1. The normalized spacial score (nSPS) is 10.1. The molecule has 2 rings (SSSR count). The Kier molecular flexibility index (Phi) is 4.18. The van der Waals surface area contributed by atoms with Gasteiger partial charge in [-0.15, -0.1) is 0 Å². The Morgan fingerprint density at radius 3 is 2.48 bits per heavy atom. The first-order valence-electron chi connectivity index (χ1n) is 6.17. The van der Waals surface area contributed by atoms with Gasteiger partial charge in [0, 0.05) is 17.7 Å². The molecule has 0 aliphatic heterocycles. The van der Waals surface area contributed by atoms with E-state index in [0.717, 1.165) is 11.6 Å². The van der Waals surface area contributed by atoms with Crippen LogP contribution in [0.25, 0.3) is 0 Å². The maximum Gasteiger partial charge on any atom is 0.336 e. The second kappa shape index (κ2) is 6.04. The standard InChI is InChI=1S/C15H13NO5/c1-10-2-6-13(7-3-10)21-9-11-4-5-12(16(19)20)8-14(11)15(17)18/h2-8H,9H2,1H3,(H,17,18). The van der Waals surface area contributed by atoms with Crippen LogP contribution in [-0.2, 0) is 6.61 Å². The topological polar surface area (TPSA) is 89.7 Å². The summed E-state index contributed by atoms with van der Waals surface area (Å²) in [5.41, 5.74) is 1.08. The van der Waals surface area contributed by atoms with Crippen LogP contribution in [0.3, 0.4) is 0 Å². The van der Waals surface area contributed by atoms with Crippen molar-refractivity contribution in [3.05, 3.63) is 69.3 Å². The predicted molar refractivity (Wildman–Crippen MR) is 75.6 cm³/mol. The first kappa shape index (κ1) is 14.5. The molecule has 108 valence electrons. The van der Waals surface area contributed by atoms with Gasteiger partial charge in [0.2, 0.25) is 0 Å². The zero-order chi connectivity index (χ0) is 15.4. The lowest BCUT2D eigenvalue weighted by atomic mass is 10.1. The summed E-state index contributed by atoms with van der Waals surface area (Å²) in [5.74, 6) is -0.614. The van der Waals surface area contributed by atoms with E-state index in [1.54, 1.807) is 12.1 Å². The molecule has 6 heteroatoms. The molecule has 0 aromatic heterocycles. The first-order chi connectivity index (χ1) is 9.97. The molecule has 2 aromatic rings. The van der Waals surface area contributed by atoms with Crippen molar-refractivity contribution in [1.29, 1.82) is 0 Å². The molecule has 0 aliphatic rings. The van der Waals surface area contributed by atoms with E-state index < -0.39 is 10.9 Å². The minimum absolute atomic E-state index is 0.0304. The number of carboxylic acid groups (broad SMARTS) is 1. The Labute approximate surface area is 120 Å². The van der Waals surface area contributed by atoms with Crippen molar-refractivity contribution in [2.45, 2.75) is 13.5 Å². The van der Waals surface area contributed by atoms with E-state index >= 15 is 0 Å². The van der Waals surface area contributed by atoms with E-state index in [-0.39, 0.29) is 17.9 Å². The zero-order valence-corrected chi connectivity index (χ0v) is 11.3. The molecule has 6 nitrogen and oxygen atoms in total. The van der Waals surface area contributed by atoms with Gasteiger partial charge < -0.3 is 9.84 Å². The summed E-state index contributed by atoms with van der Waals surface area (Å²) in [5, 5.41) is 19.8. The molecule has 0 fully saturated rings. The fraction of sp³-hybridized carbons (Fsp3) is 0.133. The molecule has 0 amide bonds. The number of carboxylic acids is 1. The highest BCUT2D eigenvalue weighted by atomic mass is 16.6. The Morgan fingerprint density at radius 1 is 1.24 bits per heavy atom. The summed E-state index contributed by atoms with van der Waals surface area (Å²) in [6.07, 6.45) is 0. The number of aromatic carboxylic acids is 1. The highest BCUT2D eigenvalue weighted by molar-refractivity contribution is 5.90. The smallest absolute Gasteiger partial charge is 0.336 e. The fourth-order valence-electron chi connectivity index (χ4n) is 1.80. The maximum atomic E-state index is 11.2. The van der Waals surface area contributed by atoms with Crippen molar-refractivity contribution >= 4 is 11.7 Å². The molecular weight excluding hydrogens is 274 g/mol. The minimum atomic E-state index is -1.22. The number of non-ortho nitro benzene ring substituents is 1. The van der Waals surface area contributed by atoms with Crippen LogP contribution in [0.2, 0.25) is 0 Å². The van der Waals surface area contributed by atoms with Gasteiger partial charge in [0.1, 0.15) is 12.4 Å². The molecule has 0 radical (unpaired) electrons. The van der Waals surface area contributed by atoms with Crippen molar-refractivity contribution in [1.82, 2.24) is 0 Å². The van der Waals surface area contributed by atoms with Gasteiger partial charge in [-0.1, -0.05) is 17.7 Å². The van der Waals surface area contributed by atoms with E-state index in [1.165, 1.54) is 12.1 Å². The third-order valence-corrected chi connectivity index (χ3v) is 2.95. The van der Waals surface area contributed by atoms with Gasteiger partial charge in [-0.3, -0.25) is 10.1 Å². The molecule has 0 saturated carbocycles. The van der Waals surface area contributed by atoms with Gasteiger partial charge in [-0.05, 0) is 25.1 Å². The van der Waals surface area contributed by atoms with Crippen molar-refractivity contribution in [3.63, 3.8) is 0 Å². The largest absolute Gasteiger partial charge is 0.489 e. The molecule has 0 saturated heterocycles. The van der Waals surface area contributed by atoms with Crippen LogP contribution in [0.4, 0.5) is 5.69 Å². The van der Waals surface area contributed by atoms with Crippen LogP contribution in [0.5, 0.6) is 5.75 Å². The van der Waals surface area contributed by atoms with Gasteiger partial charge >= 0.3 is 5.97 Å². The summed E-state index contributed by atoms with van der Waals surface area (Å²) in [6, 6.07) is 11.0. The minimum Gasteiger partial charge on any atom is -0.489 e. The van der Waals surface area contributed by atoms with Crippen molar-refractivity contribution in [2.24, 2.45) is 0 Å². The fourth-order valence-corrected chi connectivity index (χ4v) is 1.80. The number of nitro benzene ring substituents is 1. The van der Waals surface area contributed by atoms with E-state index in [4.69, 9.17) is 9.84 Å². The van der Waals surface area contributed by atoms with Crippen molar-refractivity contribution < 1.29 is 19.6 Å². The third-order valence-electron chi connectivity index (χ3n) is 2.95. The quantitative estimate of drug-likeness (QED) is 0.673. The van der Waals surface area contributed by atoms with Gasteiger partial charge in [-0.25, -0.2) is 4.79 Å². The predicted octanol–water partition coefficient (Wildman–Crippen LogP) is 3.18. The van der Waals surface area contributed by atoms with E-state index in [1.807, 2.05) is 19.1 Å². The van der Waals surface area contributed by atoms with E-state index in [2.05, 4.69) is 0 Å². The monoisotopic (exact) mass is 287 g/mol. The number of hydrogen-bond acceptors (Lipinski definition) is 4. The number of nitro groups is 1. The summed E-state index contributed by atoms with van der Waals surface area (Å²) < 4.78 is 5.51. The molecule has 0 spiro atoms. The summed E-state index contributed by atoms with van der Waals surface area (Å²) in [6.45, 7) is 1.98. The maximum absolute atomic E-state index is 11.2. The second-order valence-electron chi connectivity index (χ2n) is 4.51. The average molecular weight is 287 g/mol. The Hall–Kier alpha value is -2.89. The summed E-state index contributed by atoms with van der Waals surface area (Å²) >= 11 is 0. The molecule has 2 aromatic carbocycles. The SMILES string of the molecule is Cc1ccc(OCc2ccc([N+](=O)[O-])cc2C(=O)O)cc1. The number of carbonyl (C=O) groups is 1. The van der Waals surface area contributed by atoms with Crippen LogP contribution in [0.15, 0.2) is 42.5 Å². The molecular formula is C15H13NO5. The van der Waals surface area contributed by atoms with Crippen LogP contribution in [-0.4, -0.2) is 16.0 Å². The van der Waals surface area contributed by atoms with Crippen LogP contribution >= 0.6 is 0 Å². The van der Waals surface area contributed by atoms with Crippen LogP contribution in [0, 0.1) is 17.0 Å². The average Bonchev–Trinajstić information content (AvgIpc) is 2.46. The molecule has 21 heavy (non-hydrogen) atoms. The molecule has 0 heterocycles. The molecule has 0 aliphatic carbocycles. The number of benzene rings is 2. The highest BCUT2D eigenvalue weighted by Crippen LogP contribution is 2.20. The van der Waals surface area contributed by atoms with Crippen LogP contribution < -0.4 is 4.74 Å². The van der Waals surface area contributed by atoms with Crippen molar-refractivity contribution in [2.75, 3.05) is 0 Å². The second-order valence-corrected chi connectivity index (χ2v) is 4.51. The number of rotatable bonds is 5. The summed E-state index contributed by atoms with van der Waals surface area (Å²) in [4.78, 5) is 21.2. The van der Waals surface area contributed by atoms with Gasteiger partial charge in [0.05, 0.1) is 10.5 Å². The Bertz CT molecular complexity index is 679. The van der Waals surface area contributed by atoms with Gasteiger partial charge in [0.15, 0.2) is 0 Å². The lowest BCUT2D eigenvalue weighted by Gasteiger charge is -2.09. The van der Waals surface area contributed by atoms with Crippen molar-refractivity contribution in [3.8, 4) is 5.75 Å². The number of nitrogens with zero attached hydrogens (tertiary/aromatic N) is 1. The molecule has 0 atom stereocenters. The Balaban J connectivity index is 2.21. The number of aryl methyl sites for hydroxylation is 1. The van der Waals surface area contributed by atoms with Crippen LogP contribution in [0.1, 0.15) is 21.5 Å². The van der Waals surface area contributed by atoms with Gasteiger partial charge in [-0.2, -0.15) is 0 Å². The lowest BCUT2D eigenvalue weighted by molar-refractivity contribution is -0.384. The van der Waals surface area contributed by atoms with E-state index in [0.29, 0.717) is 11.3 Å². The van der Waals surface area contributed by atoms with E-state index in [9.17, 15) is 14.9 Å².